The molecule has 108 valence electrons. The third-order valence-electron chi connectivity index (χ3n) is 3.74. The average molecular weight is 284 g/mol. The molecule has 1 aliphatic rings. The largest absolute Gasteiger partial charge is 0.380 e. The van der Waals surface area contributed by atoms with Crippen LogP contribution in [0.2, 0.25) is 0 Å². The Balaban J connectivity index is 1.92. The Morgan fingerprint density at radius 1 is 1.53 bits per heavy atom. The highest BCUT2D eigenvalue weighted by atomic mass is 32.1. The zero-order chi connectivity index (χ0) is 13.7. The Morgan fingerprint density at radius 2 is 2.37 bits per heavy atom. The van der Waals surface area contributed by atoms with Gasteiger partial charge >= 0.3 is 0 Å². The first-order chi connectivity index (χ1) is 9.24. The molecule has 1 saturated heterocycles. The normalized spacial score (nSPS) is 24.6. The van der Waals surface area contributed by atoms with Crippen LogP contribution in [0.5, 0.6) is 0 Å². The van der Waals surface area contributed by atoms with Crippen molar-refractivity contribution in [2.24, 2.45) is 5.92 Å². The van der Waals surface area contributed by atoms with Crippen molar-refractivity contribution in [1.29, 1.82) is 0 Å². The maximum Gasteiger partial charge on any atom is 0.134 e. The van der Waals surface area contributed by atoms with E-state index in [-0.39, 0.29) is 0 Å². The number of hydrogen-bond donors (Lipinski definition) is 1. The maximum absolute atomic E-state index is 5.56. The number of ether oxygens (including phenoxy) is 1. The minimum Gasteiger partial charge on any atom is -0.380 e. The lowest BCUT2D eigenvalue weighted by molar-refractivity contribution is -0.00773. The van der Waals surface area contributed by atoms with Crippen molar-refractivity contribution in [3.8, 4) is 0 Å². The van der Waals surface area contributed by atoms with Crippen molar-refractivity contribution < 1.29 is 4.74 Å². The number of nitrogens with one attached hydrogen (secondary N) is 1. The number of anilines is 1. The van der Waals surface area contributed by atoms with E-state index in [1.54, 1.807) is 0 Å². The van der Waals surface area contributed by atoms with Gasteiger partial charge in [-0.2, -0.15) is 0 Å². The van der Waals surface area contributed by atoms with Crippen molar-refractivity contribution in [2.45, 2.75) is 39.3 Å². The van der Waals surface area contributed by atoms with Crippen LogP contribution in [0.1, 0.15) is 32.4 Å². The van der Waals surface area contributed by atoms with Gasteiger partial charge in [-0.15, -0.1) is 5.10 Å². The smallest absolute Gasteiger partial charge is 0.134 e. The van der Waals surface area contributed by atoms with Gasteiger partial charge in [0.25, 0.3) is 0 Å². The van der Waals surface area contributed by atoms with Crippen LogP contribution in [0, 0.1) is 5.92 Å². The highest BCUT2D eigenvalue weighted by molar-refractivity contribution is 7.10. The lowest BCUT2D eigenvalue weighted by Crippen LogP contribution is -2.43. The van der Waals surface area contributed by atoms with Crippen LogP contribution in [0.3, 0.4) is 0 Å². The average Bonchev–Trinajstić information content (AvgIpc) is 2.86. The lowest BCUT2D eigenvalue weighted by atomic mass is 9.96. The molecule has 1 aromatic rings. The molecule has 2 atom stereocenters. The summed E-state index contributed by atoms with van der Waals surface area (Å²) in [5.74, 6) is 0.646. The molecule has 6 heteroatoms. The van der Waals surface area contributed by atoms with E-state index in [1.807, 2.05) is 7.11 Å². The molecule has 5 nitrogen and oxygen atoms in total. The van der Waals surface area contributed by atoms with Gasteiger partial charge in [0, 0.05) is 38.3 Å². The quantitative estimate of drug-likeness (QED) is 0.868. The van der Waals surface area contributed by atoms with Gasteiger partial charge in [-0.05, 0) is 25.3 Å². The molecule has 0 bridgehead atoms. The number of methoxy groups -OCH3 is 1. The van der Waals surface area contributed by atoms with E-state index in [2.05, 4.69) is 33.7 Å². The van der Waals surface area contributed by atoms with Crippen LogP contribution in [-0.4, -0.2) is 47.3 Å². The van der Waals surface area contributed by atoms with Crippen molar-refractivity contribution in [1.82, 2.24) is 14.5 Å². The van der Waals surface area contributed by atoms with E-state index in [9.17, 15) is 0 Å². The van der Waals surface area contributed by atoms with Crippen LogP contribution in [0.25, 0.3) is 0 Å². The van der Waals surface area contributed by atoms with E-state index in [0.29, 0.717) is 12.0 Å². The summed E-state index contributed by atoms with van der Waals surface area (Å²) >= 11 is 1.46. The summed E-state index contributed by atoms with van der Waals surface area (Å²) in [6.07, 6.45) is 2.64. The first-order valence-electron chi connectivity index (χ1n) is 7.04. The van der Waals surface area contributed by atoms with E-state index < -0.39 is 0 Å². The number of piperidine rings is 1. The zero-order valence-electron chi connectivity index (χ0n) is 12.1. The third-order valence-corrected chi connectivity index (χ3v) is 4.47. The summed E-state index contributed by atoms with van der Waals surface area (Å²) in [6.45, 7) is 8.39. The number of likely N-dealkylation sites (tertiary alicyclic amines) is 1. The molecule has 1 aromatic heterocycles. The summed E-state index contributed by atoms with van der Waals surface area (Å²) in [5, 5.41) is 8.78. The molecule has 0 aliphatic carbocycles. The highest BCUT2D eigenvalue weighted by Gasteiger charge is 2.26. The van der Waals surface area contributed by atoms with Crippen molar-refractivity contribution >= 4 is 16.5 Å². The maximum atomic E-state index is 5.56. The van der Waals surface area contributed by atoms with Crippen LogP contribution in [-0.2, 0) is 11.3 Å². The molecule has 1 fully saturated rings. The zero-order valence-corrected chi connectivity index (χ0v) is 12.9. The Kier molecular flexibility index (Phi) is 5.54. The van der Waals surface area contributed by atoms with Gasteiger partial charge in [-0.25, -0.2) is 0 Å². The number of rotatable bonds is 6. The first-order valence-corrected chi connectivity index (χ1v) is 7.82. The second kappa shape index (κ2) is 7.17. The Hall–Kier alpha value is -0.720. The number of nitrogens with zero attached hydrogens (tertiary/aromatic N) is 3. The van der Waals surface area contributed by atoms with Gasteiger partial charge in [-0.3, -0.25) is 4.90 Å². The molecule has 2 heterocycles. The van der Waals surface area contributed by atoms with Crippen LogP contribution in [0.15, 0.2) is 0 Å². The molecule has 0 amide bonds. The van der Waals surface area contributed by atoms with E-state index in [0.717, 1.165) is 43.3 Å². The summed E-state index contributed by atoms with van der Waals surface area (Å²) in [4.78, 5) is 2.42. The number of hydrogen-bond acceptors (Lipinski definition) is 6. The summed E-state index contributed by atoms with van der Waals surface area (Å²) in [5.41, 5.74) is 1.07. The molecule has 0 radical (unpaired) electrons. The number of aromatic nitrogens is 2. The Labute approximate surface area is 119 Å². The fraction of sp³-hybridized carbons (Fsp3) is 0.846. The topological polar surface area (TPSA) is 50.3 Å². The molecule has 19 heavy (non-hydrogen) atoms. The second-order valence-electron chi connectivity index (χ2n) is 5.25. The molecule has 0 aromatic carbocycles. The summed E-state index contributed by atoms with van der Waals surface area (Å²) < 4.78 is 9.62. The first kappa shape index (κ1) is 14.7. The lowest BCUT2D eigenvalue weighted by Gasteiger charge is -2.35. The molecule has 1 aliphatic heterocycles. The molecular weight excluding hydrogens is 260 g/mol. The SMILES string of the molecule is CCCNc1snnc1CN1CCC(C)C(OC)C1. The fourth-order valence-corrected chi connectivity index (χ4v) is 3.04. The monoisotopic (exact) mass is 284 g/mol. The van der Waals surface area contributed by atoms with Gasteiger partial charge in [-0.1, -0.05) is 18.3 Å². The summed E-state index contributed by atoms with van der Waals surface area (Å²) in [6, 6.07) is 0. The molecule has 0 saturated carbocycles. The van der Waals surface area contributed by atoms with E-state index in [1.165, 1.54) is 18.0 Å². The fourth-order valence-electron chi connectivity index (χ4n) is 2.44. The summed E-state index contributed by atoms with van der Waals surface area (Å²) in [7, 11) is 1.81. The minimum absolute atomic E-state index is 0.340. The predicted molar refractivity (Wildman–Crippen MR) is 78.5 cm³/mol. The van der Waals surface area contributed by atoms with Crippen molar-refractivity contribution in [3.63, 3.8) is 0 Å². The molecule has 2 unspecified atom stereocenters. The van der Waals surface area contributed by atoms with Gasteiger partial charge in [0.05, 0.1) is 6.10 Å². The molecule has 0 spiro atoms. The van der Waals surface area contributed by atoms with E-state index >= 15 is 0 Å². The standard InChI is InChI=1S/C13H24N4OS/c1-4-6-14-13-11(15-16-19-13)8-17-7-5-10(2)12(9-17)18-3/h10,12,14H,4-9H2,1-3H3. The highest BCUT2D eigenvalue weighted by Crippen LogP contribution is 2.24. The minimum atomic E-state index is 0.340. The molecule has 1 N–H and O–H groups in total. The van der Waals surface area contributed by atoms with Crippen LogP contribution < -0.4 is 5.32 Å². The van der Waals surface area contributed by atoms with E-state index in [4.69, 9.17) is 4.74 Å². The second-order valence-corrected chi connectivity index (χ2v) is 6.00. The van der Waals surface area contributed by atoms with Crippen LogP contribution in [0.4, 0.5) is 5.00 Å². The molecule has 2 rings (SSSR count). The van der Waals surface area contributed by atoms with Gasteiger partial charge in [0.15, 0.2) is 0 Å². The molecular formula is C13H24N4OS. The third kappa shape index (κ3) is 3.87. The van der Waals surface area contributed by atoms with Crippen molar-refractivity contribution in [3.05, 3.63) is 5.69 Å². The Morgan fingerprint density at radius 3 is 3.11 bits per heavy atom. The van der Waals surface area contributed by atoms with Gasteiger partial charge in [0.1, 0.15) is 10.7 Å². The predicted octanol–water partition coefficient (Wildman–Crippen LogP) is 2.22. The van der Waals surface area contributed by atoms with Gasteiger partial charge < -0.3 is 10.1 Å². The van der Waals surface area contributed by atoms with Crippen LogP contribution >= 0.6 is 11.5 Å². The van der Waals surface area contributed by atoms with Crippen molar-refractivity contribution in [2.75, 3.05) is 32.1 Å². The Bertz CT molecular complexity index is 384. The van der Waals surface area contributed by atoms with Gasteiger partial charge in [0.2, 0.25) is 0 Å².